The third-order valence-electron chi connectivity index (χ3n) is 2.44. The van der Waals surface area contributed by atoms with Crippen molar-refractivity contribution in [2.75, 3.05) is 13.2 Å². The van der Waals surface area contributed by atoms with E-state index in [1.807, 2.05) is 0 Å². The molecule has 1 aliphatic rings. The van der Waals surface area contributed by atoms with Crippen LogP contribution in [0, 0.1) is 5.92 Å². The highest BCUT2D eigenvalue weighted by molar-refractivity contribution is 4.74. The molecule has 0 aliphatic heterocycles. The predicted octanol–water partition coefficient (Wildman–Crippen LogP) is 2.21. The van der Waals surface area contributed by atoms with E-state index in [4.69, 9.17) is 0 Å². The SMILES string of the molecule is OC(CCOCC(F)F)CCC1CC1. The van der Waals surface area contributed by atoms with Crippen molar-refractivity contribution in [3.05, 3.63) is 0 Å². The van der Waals surface area contributed by atoms with E-state index in [9.17, 15) is 13.9 Å². The number of aliphatic hydroxyl groups excluding tert-OH is 1. The molecule has 0 aromatic heterocycles. The van der Waals surface area contributed by atoms with Gasteiger partial charge in [0.25, 0.3) is 6.43 Å². The minimum atomic E-state index is -2.40. The molecule has 1 aliphatic carbocycles. The Morgan fingerprint density at radius 3 is 2.57 bits per heavy atom. The van der Waals surface area contributed by atoms with Gasteiger partial charge in [0.2, 0.25) is 0 Å². The molecule has 1 unspecified atom stereocenters. The standard InChI is InChI=1S/C10H18F2O2/c11-10(12)7-14-6-5-9(13)4-3-8-1-2-8/h8-10,13H,1-7H2. The monoisotopic (exact) mass is 208 g/mol. The van der Waals surface area contributed by atoms with Crippen LogP contribution in [0.2, 0.25) is 0 Å². The van der Waals surface area contributed by atoms with E-state index in [1.54, 1.807) is 0 Å². The van der Waals surface area contributed by atoms with Crippen LogP contribution in [0.25, 0.3) is 0 Å². The smallest absolute Gasteiger partial charge is 0.261 e. The van der Waals surface area contributed by atoms with Gasteiger partial charge in [-0.2, -0.15) is 0 Å². The number of rotatable bonds is 8. The molecular weight excluding hydrogens is 190 g/mol. The Kier molecular flexibility index (Phi) is 5.33. The maximum atomic E-state index is 11.6. The van der Waals surface area contributed by atoms with Gasteiger partial charge in [-0.1, -0.05) is 12.8 Å². The Hall–Kier alpha value is -0.220. The first kappa shape index (κ1) is 11.9. The minimum absolute atomic E-state index is 0.232. The number of halogens is 2. The topological polar surface area (TPSA) is 29.5 Å². The molecule has 1 fully saturated rings. The highest BCUT2D eigenvalue weighted by Crippen LogP contribution is 2.34. The lowest BCUT2D eigenvalue weighted by molar-refractivity contribution is 0.00393. The lowest BCUT2D eigenvalue weighted by Gasteiger charge is -2.10. The zero-order valence-corrected chi connectivity index (χ0v) is 8.29. The Bertz CT molecular complexity index is 149. The van der Waals surface area contributed by atoms with E-state index in [2.05, 4.69) is 4.74 Å². The van der Waals surface area contributed by atoms with E-state index in [0.717, 1.165) is 18.8 Å². The summed E-state index contributed by atoms with van der Waals surface area (Å²) in [4.78, 5) is 0. The van der Waals surface area contributed by atoms with Gasteiger partial charge in [0.15, 0.2) is 0 Å². The van der Waals surface area contributed by atoms with E-state index < -0.39 is 13.0 Å². The summed E-state index contributed by atoms with van der Waals surface area (Å²) in [6.07, 6.45) is 2.10. The van der Waals surface area contributed by atoms with Crippen molar-refractivity contribution >= 4 is 0 Å². The quantitative estimate of drug-likeness (QED) is 0.620. The van der Waals surface area contributed by atoms with Crippen molar-refractivity contribution in [1.82, 2.24) is 0 Å². The van der Waals surface area contributed by atoms with Crippen LogP contribution in [0.5, 0.6) is 0 Å². The number of aliphatic hydroxyl groups is 1. The number of ether oxygens (including phenoxy) is 1. The Labute approximate surface area is 83.3 Å². The fourth-order valence-electron chi connectivity index (χ4n) is 1.37. The van der Waals surface area contributed by atoms with Crippen molar-refractivity contribution in [1.29, 1.82) is 0 Å². The van der Waals surface area contributed by atoms with E-state index in [-0.39, 0.29) is 12.7 Å². The summed E-state index contributed by atoms with van der Waals surface area (Å²) in [6.45, 7) is -0.286. The fraction of sp³-hybridized carbons (Fsp3) is 1.00. The summed E-state index contributed by atoms with van der Waals surface area (Å²) in [7, 11) is 0. The zero-order chi connectivity index (χ0) is 10.4. The number of alkyl halides is 2. The summed E-state index contributed by atoms with van der Waals surface area (Å²) in [5.74, 6) is 0.812. The van der Waals surface area contributed by atoms with Crippen LogP contribution in [0.1, 0.15) is 32.1 Å². The first-order chi connectivity index (χ1) is 6.68. The van der Waals surface area contributed by atoms with Gasteiger partial charge in [0.05, 0.1) is 6.10 Å². The van der Waals surface area contributed by atoms with Crippen molar-refractivity contribution in [2.45, 2.75) is 44.6 Å². The molecule has 1 saturated carbocycles. The van der Waals surface area contributed by atoms with Gasteiger partial charge in [-0.05, 0) is 25.2 Å². The maximum Gasteiger partial charge on any atom is 0.261 e. The molecular formula is C10H18F2O2. The summed E-state index contributed by atoms with van der Waals surface area (Å²) < 4.78 is 27.9. The van der Waals surface area contributed by atoms with Gasteiger partial charge in [-0.15, -0.1) is 0 Å². The van der Waals surface area contributed by atoms with E-state index in [1.165, 1.54) is 12.8 Å². The molecule has 0 amide bonds. The third-order valence-corrected chi connectivity index (χ3v) is 2.44. The molecule has 0 aromatic carbocycles. The molecule has 0 saturated heterocycles. The van der Waals surface area contributed by atoms with E-state index >= 15 is 0 Å². The second-order valence-corrected chi connectivity index (χ2v) is 3.93. The van der Waals surface area contributed by atoms with Crippen LogP contribution in [0.3, 0.4) is 0 Å². The molecule has 1 N–H and O–H groups in total. The van der Waals surface area contributed by atoms with Crippen LogP contribution in [0.15, 0.2) is 0 Å². The first-order valence-electron chi connectivity index (χ1n) is 5.22. The molecule has 0 aromatic rings. The molecule has 0 spiro atoms. The molecule has 1 rings (SSSR count). The van der Waals surface area contributed by atoms with Crippen LogP contribution in [0.4, 0.5) is 8.78 Å². The zero-order valence-electron chi connectivity index (χ0n) is 8.29. The largest absolute Gasteiger partial charge is 0.393 e. The van der Waals surface area contributed by atoms with Crippen LogP contribution >= 0.6 is 0 Å². The lowest BCUT2D eigenvalue weighted by Crippen LogP contribution is -2.13. The summed E-state index contributed by atoms with van der Waals surface area (Å²) in [5.41, 5.74) is 0. The second-order valence-electron chi connectivity index (χ2n) is 3.93. The Morgan fingerprint density at radius 1 is 1.29 bits per heavy atom. The summed E-state index contributed by atoms with van der Waals surface area (Å²) >= 11 is 0. The number of hydrogen-bond acceptors (Lipinski definition) is 2. The average molecular weight is 208 g/mol. The molecule has 14 heavy (non-hydrogen) atoms. The third kappa shape index (κ3) is 6.27. The van der Waals surface area contributed by atoms with Crippen molar-refractivity contribution < 1.29 is 18.6 Å². The molecule has 2 nitrogen and oxygen atoms in total. The van der Waals surface area contributed by atoms with Crippen molar-refractivity contribution in [3.8, 4) is 0 Å². The second kappa shape index (κ2) is 6.30. The molecule has 4 heteroatoms. The minimum Gasteiger partial charge on any atom is -0.393 e. The van der Waals surface area contributed by atoms with Crippen LogP contribution in [-0.4, -0.2) is 30.8 Å². The van der Waals surface area contributed by atoms with Gasteiger partial charge < -0.3 is 9.84 Å². The number of hydrogen-bond donors (Lipinski definition) is 1. The van der Waals surface area contributed by atoms with Gasteiger partial charge in [-0.3, -0.25) is 0 Å². The van der Waals surface area contributed by atoms with Gasteiger partial charge >= 0.3 is 0 Å². The highest BCUT2D eigenvalue weighted by Gasteiger charge is 2.21. The maximum absolute atomic E-state index is 11.6. The van der Waals surface area contributed by atoms with Gasteiger partial charge in [-0.25, -0.2) is 8.78 Å². The first-order valence-corrected chi connectivity index (χ1v) is 5.22. The van der Waals surface area contributed by atoms with Gasteiger partial charge in [0, 0.05) is 6.61 Å². The summed E-state index contributed by atoms with van der Waals surface area (Å²) in [6, 6.07) is 0. The predicted molar refractivity (Wildman–Crippen MR) is 49.4 cm³/mol. The average Bonchev–Trinajstić information content (AvgIpc) is 2.92. The van der Waals surface area contributed by atoms with E-state index in [0.29, 0.717) is 6.42 Å². The van der Waals surface area contributed by atoms with Crippen molar-refractivity contribution in [2.24, 2.45) is 5.92 Å². The van der Waals surface area contributed by atoms with Gasteiger partial charge in [0.1, 0.15) is 6.61 Å². The highest BCUT2D eigenvalue weighted by atomic mass is 19.3. The fourth-order valence-corrected chi connectivity index (χ4v) is 1.37. The normalized spacial score (nSPS) is 18.9. The summed E-state index contributed by atoms with van der Waals surface area (Å²) in [5, 5.41) is 9.42. The van der Waals surface area contributed by atoms with Crippen LogP contribution < -0.4 is 0 Å². The van der Waals surface area contributed by atoms with Crippen molar-refractivity contribution in [3.63, 3.8) is 0 Å². The Morgan fingerprint density at radius 2 is 2.00 bits per heavy atom. The Balaban J connectivity index is 1.83. The molecule has 0 heterocycles. The van der Waals surface area contributed by atoms with Crippen LogP contribution in [-0.2, 0) is 4.74 Å². The molecule has 84 valence electrons. The molecule has 0 bridgehead atoms. The molecule has 0 radical (unpaired) electrons. The molecule has 1 atom stereocenters. The lowest BCUT2D eigenvalue weighted by atomic mass is 10.1.